The van der Waals surface area contributed by atoms with Gasteiger partial charge < -0.3 is 9.30 Å². The van der Waals surface area contributed by atoms with Crippen LogP contribution in [0.3, 0.4) is 0 Å². The molecule has 30 heavy (non-hydrogen) atoms. The molecule has 0 saturated heterocycles. The molecule has 0 fully saturated rings. The lowest BCUT2D eigenvalue weighted by Crippen LogP contribution is -2.15. The zero-order valence-electron chi connectivity index (χ0n) is 17.4. The molecule has 0 atom stereocenters. The van der Waals surface area contributed by atoms with Gasteiger partial charge in [-0.2, -0.15) is 10.2 Å². The second kappa shape index (κ2) is 8.41. The van der Waals surface area contributed by atoms with Gasteiger partial charge in [-0.05, 0) is 24.5 Å². The molecule has 7 nitrogen and oxygen atoms in total. The molecular weight excluding hydrogens is 378 g/mol. The molecule has 0 bridgehead atoms. The van der Waals surface area contributed by atoms with Crippen molar-refractivity contribution in [2.45, 2.75) is 19.9 Å². The zero-order chi connectivity index (χ0) is 21.1. The van der Waals surface area contributed by atoms with Crippen molar-refractivity contribution in [1.82, 2.24) is 24.1 Å². The summed E-state index contributed by atoms with van der Waals surface area (Å²) in [5.74, 6) is 0.589. The van der Waals surface area contributed by atoms with E-state index < -0.39 is 0 Å². The van der Waals surface area contributed by atoms with Crippen LogP contribution in [0.5, 0.6) is 5.75 Å². The first kappa shape index (κ1) is 19.7. The standard InChI is InChI=1S/C23H25N5O2/c1-4-30-22-11-23(29)26(2)16-21(22)20-13-25-28(15-20)10-9-17-5-7-18(8-6-17)19-12-24-27(3)14-19/h5-8,11-16H,4,9-10H2,1-3H3. The van der Waals surface area contributed by atoms with Crippen molar-refractivity contribution in [1.29, 1.82) is 0 Å². The van der Waals surface area contributed by atoms with Crippen LogP contribution in [0.25, 0.3) is 22.3 Å². The second-order valence-corrected chi connectivity index (χ2v) is 7.28. The molecule has 3 aromatic heterocycles. The molecule has 154 valence electrons. The fraction of sp³-hybridized carbons (Fsp3) is 0.261. The molecule has 1 aromatic carbocycles. The number of rotatable bonds is 7. The van der Waals surface area contributed by atoms with Crippen LogP contribution in [0.15, 0.2) is 66.1 Å². The molecule has 0 spiro atoms. The quantitative estimate of drug-likeness (QED) is 0.475. The van der Waals surface area contributed by atoms with Gasteiger partial charge in [0.15, 0.2) is 0 Å². The summed E-state index contributed by atoms with van der Waals surface area (Å²) in [5, 5.41) is 8.72. The Kier molecular flexibility index (Phi) is 5.52. The Bertz CT molecular complexity index is 1200. The molecule has 0 saturated carbocycles. The first-order valence-corrected chi connectivity index (χ1v) is 9.97. The summed E-state index contributed by atoms with van der Waals surface area (Å²) in [6.07, 6.45) is 10.4. The average molecular weight is 403 g/mol. The Morgan fingerprint density at radius 2 is 1.70 bits per heavy atom. The normalized spacial score (nSPS) is 11.0. The van der Waals surface area contributed by atoms with E-state index in [9.17, 15) is 4.79 Å². The van der Waals surface area contributed by atoms with Crippen molar-refractivity contribution in [2.75, 3.05) is 6.61 Å². The van der Waals surface area contributed by atoms with Crippen molar-refractivity contribution in [3.8, 4) is 28.0 Å². The molecule has 0 N–H and O–H groups in total. The summed E-state index contributed by atoms with van der Waals surface area (Å²) in [6.45, 7) is 3.18. The van der Waals surface area contributed by atoms with Crippen LogP contribution in [-0.4, -0.2) is 30.7 Å². The lowest BCUT2D eigenvalue weighted by atomic mass is 10.1. The molecule has 4 aromatic rings. The highest BCUT2D eigenvalue weighted by atomic mass is 16.5. The first-order valence-electron chi connectivity index (χ1n) is 9.97. The number of pyridine rings is 1. The van der Waals surface area contributed by atoms with Crippen LogP contribution in [-0.2, 0) is 27.1 Å². The Balaban J connectivity index is 1.47. The van der Waals surface area contributed by atoms with E-state index in [1.807, 2.05) is 43.4 Å². The van der Waals surface area contributed by atoms with E-state index in [0.717, 1.165) is 35.2 Å². The fourth-order valence-corrected chi connectivity index (χ4v) is 3.41. The Hall–Kier alpha value is -3.61. The van der Waals surface area contributed by atoms with Gasteiger partial charge in [0.05, 0.1) is 19.0 Å². The molecular formula is C23H25N5O2. The highest BCUT2D eigenvalue weighted by Crippen LogP contribution is 2.28. The minimum Gasteiger partial charge on any atom is -0.493 e. The van der Waals surface area contributed by atoms with E-state index in [1.54, 1.807) is 22.5 Å². The summed E-state index contributed by atoms with van der Waals surface area (Å²) in [5.41, 5.74) is 5.22. The molecule has 0 radical (unpaired) electrons. The largest absolute Gasteiger partial charge is 0.493 e. The number of hydrogen-bond acceptors (Lipinski definition) is 4. The van der Waals surface area contributed by atoms with E-state index in [4.69, 9.17) is 4.74 Å². The summed E-state index contributed by atoms with van der Waals surface area (Å²) >= 11 is 0. The van der Waals surface area contributed by atoms with E-state index >= 15 is 0 Å². The third kappa shape index (κ3) is 4.20. The predicted molar refractivity (Wildman–Crippen MR) is 116 cm³/mol. The van der Waals surface area contributed by atoms with Gasteiger partial charge in [-0.3, -0.25) is 14.2 Å². The Morgan fingerprint density at radius 1 is 0.933 bits per heavy atom. The van der Waals surface area contributed by atoms with Crippen LogP contribution in [0.4, 0.5) is 0 Å². The van der Waals surface area contributed by atoms with Crippen LogP contribution < -0.4 is 10.3 Å². The maximum Gasteiger partial charge on any atom is 0.254 e. The number of benzene rings is 1. The summed E-state index contributed by atoms with van der Waals surface area (Å²) < 4.78 is 10.9. The van der Waals surface area contributed by atoms with Gasteiger partial charge in [0.1, 0.15) is 5.75 Å². The van der Waals surface area contributed by atoms with Gasteiger partial charge >= 0.3 is 0 Å². The van der Waals surface area contributed by atoms with Crippen LogP contribution >= 0.6 is 0 Å². The molecule has 7 heteroatoms. The first-order chi connectivity index (χ1) is 14.5. The van der Waals surface area contributed by atoms with Crippen LogP contribution in [0, 0.1) is 0 Å². The van der Waals surface area contributed by atoms with Crippen molar-refractivity contribution >= 4 is 0 Å². The molecule has 0 aliphatic rings. The summed E-state index contributed by atoms with van der Waals surface area (Å²) in [7, 11) is 3.66. The average Bonchev–Trinajstić information content (AvgIpc) is 3.39. The lowest BCUT2D eigenvalue weighted by Gasteiger charge is -2.10. The zero-order valence-corrected chi connectivity index (χ0v) is 17.4. The van der Waals surface area contributed by atoms with Crippen molar-refractivity contribution in [3.05, 3.63) is 77.2 Å². The summed E-state index contributed by atoms with van der Waals surface area (Å²) in [4.78, 5) is 11.9. The molecule has 4 rings (SSSR count). The van der Waals surface area contributed by atoms with Crippen LogP contribution in [0.1, 0.15) is 12.5 Å². The van der Waals surface area contributed by atoms with Crippen molar-refractivity contribution in [2.24, 2.45) is 14.1 Å². The number of aryl methyl sites for hydroxylation is 4. The smallest absolute Gasteiger partial charge is 0.254 e. The number of hydrogen-bond donors (Lipinski definition) is 0. The number of ether oxygens (including phenoxy) is 1. The molecule has 0 aliphatic carbocycles. The highest BCUT2D eigenvalue weighted by molar-refractivity contribution is 5.68. The van der Waals surface area contributed by atoms with E-state index in [1.165, 1.54) is 11.6 Å². The second-order valence-electron chi connectivity index (χ2n) is 7.28. The Morgan fingerprint density at radius 3 is 2.40 bits per heavy atom. The summed E-state index contributed by atoms with van der Waals surface area (Å²) in [6, 6.07) is 10.1. The highest BCUT2D eigenvalue weighted by Gasteiger charge is 2.11. The SMILES string of the molecule is CCOc1cc(=O)n(C)cc1-c1cnn(CCc2ccc(-c3cnn(C)c3)cc2)c1. The lowest BCUT2D eigenvalue weighted by molar-refractivity contribution is 0.340. The van der Waals surface area contributed by atoms with Gasteiger partial charge in [-0.1, -0.05) is 24.3 Å². The van der Waals surface area contributed by atoms with Crippen LogP contribution in [0.2, 0.25) is 0 Å². The van der Waals surface area contributed by atoms with Gasteiger partial charge in [0.2, 0.25) is 0 Å². The van der Waals surface area contributed by atoms with E-state index in [-0.39, 0.29) is 5.56 Å². The van der Waals surface area contributed by atoms with Crippen molar-refractivity contribution < 1.29 is 4.74 Å². The third-order valence-electron chi connectivity index (χ3n) is 5.06. The van der Waals surface area contributed by atoms with E-state index in [2.05, 4.69) is 34.5 Å². The molecule has 0 amide bonds. The van der Waals surface area contributed by atoms with E-state index in [0.29, 0.717) is 12.4 Å². The van der Waals surface area contributed by atoms with Crippen molar-refractivity contribution in [3.63, 3.8) is 0 Å². The number of aromatic nitrogens is 5. The van der Waals surface area contributed by atoms with Gasteiger partial charge in [-0.15, -0.1) is 0 Å². The number of nitrogens with zero attached hydrogens (tertiary/aromatic N) is 5. The monoisotopic (exact) mass is 403 g/mol. The third-order valence-corrected chi connectivity index (χ3v) is 5.06. The topological polar surface area (TPSA) is 66.9 Å². The van der Waals surface area contributed by atoms with Gasteiger partial charge in [0.25, 0.3) is 5.56 Å². The minimum atomic E-state index is -0.0932. The maximum atomic E-state index is 11.9. The van der Waals surface area contributed by atoms with Gasteiger partial charge in [-0.25, -0.2) is 0 Å². The maximum absolute atomic E-state index is 11.9. The minimum absolute atomic E-state index is 0.0932. The Labute approximate surface area is 175 Å². The molecule has 0 unspecified atom stereocenters. The predicted octanol–water partition coefficient (Wildman–Crippen LogP) is 3.29. The fourth-order valence-electron chi connectivity index (χ4n) is 3.41. The molecule has 3 heterocycles. The molecule has 0 aliphatic heterocycles. The van der Waals surface area contributed by atoms with Gasteiger partial charge in [0, 0.05) is 62.0 Å².